The number of aromatic nitrogens is 3. The highest BCUT2D eigenvalue weighted by Gasteiger charge is 2.14. The maximum absolute atomic E-state index is 11.5. The molecule has 1 fully saturated rings. The third kappa shape index (κ3) is 4.51. The Morgan fingerprint density at radius 3 is 2.39 bits per heavy atom. The topological polar surface area (TPSA) is 97.8 Å². The van der Waals surface area contributed by atoms with Gasteiger partial charge in [-0.3, -0.25) is 9.78 Å². The summed E-state index contributed by atoms with van der Waals surface area (Å²) in [5, 5.41) is 0. The molecule has 0 aliphatic heterocycles. The first-order valence-electron chi connectivity index (χ1n) is 11.4. The van der Waals surface area contributed by atoms with Crippen molar-refractivity contribution in [3.63, 3.8) is 0 Å². The molecule has 0 bridgehead atoms. The minimum atomic E-state index is -0.463. The highest BCUT2D eigenvalue weighted by atomic mass is 16.3. The van der Waals surface area contributed by atoms with Crippen molar-refractivity contribution >= 4 is 28.0 Å². The van der Waals surface area contributed by atoms with Crippen LogP contribution in [0.3, 0.4) is 0 Å². The number of primary amides is 1. The zero-order valence-electron chi connectivity index (χ0n) is 18.4. The second-order valence-corrected chi connectivity index (χ2v) is 8.38. The van der Waals surface area contributed by atoms with E-state index in [2.05, 4.69) is 15.0 Å². The summed E-state index contributed by atoms with van der Waals surface area (Å²) in [6.45, 7) is 0. The Balaban J connectivity index is 0.000000332. The average molecular weight is 439 g/mol. The Hall–Kier alpha value is -3.93. The first kappa shape index (κ1) is 20.9. The fraction of sp³-hybridized carbons (Fsp3) is 0.222. The van der Waals surface area contributed by atoms with E-state index in [1.165, 1.54) is 38.5 Å². The summed E-state index contributed by atoms with van der Waals surface area (Å²) in [6.07, 6.45) is 12.4. The third-order valence-electron chi connectivity index (χ3n) is 6.07. The van der Waals surface area contributed by atoms with Gasteiger partial charge >= 0.3 is 0 Å². The molecule has 1 saturated carbocycles. The second-order valence-electron chi connectivity index (χ2n) is 8.38. The lowest BCUT2D eigenvalue weighted by Gasteiger charge is -2.05. The summed E-state index contributed by atoms with van der Waals surface area (Å²) in [4.78, 5) is 23.3. The normalized spacial score (nSPS) is 13.6. The predicted octanol–water partition coefficient (Wildman–Crippen LogP) is 6.48. The minimum Gasteiger partial charge on any atom is -0.454 e. The van der Waals surface area contributed by atoms with Gasteiger partial charge in [0.15, 0.2) is 5.58 Å². The van der Waals surface area contributed by atoms with Gasteiger partial charge in [0.2, 0.25) is 5.91 Å². The predicted molar refractivity (Wildman–Crippen MR) is 131 cm³/mol. The van der Waals surface area contributed by atoms with Gasteiger partial charge in [0.1, 0.15) is 11.3 Å². The molecule has 3 N–H and O–H groups in total. The number of pyridine rings is 1. The number of aromatic amines is 1. The highest BCUT2D eigenvalue weighted by Crippen LogP contribution is 2.34. The summed E-state index contributed by atoms with van der Waals surface area (Å²) >= 11 is 0. The number of hydrogen-bond acceptors (Lipinski definition) is 4. The first-order chi connectivity index (χ1) is 16.2. The summed E-state index contributed by atoms with van der Waals surface area (Å²) in [5.74, 6) is 0.252. The highest BCUT2D eigenvalue weighted by molar-refractivity contribution is 5.97. The van der Waals surface area contributed by atoms with Crippen molar-refractivity contribution in [2.45, 2.75) is 38.5 Å². The summed E-state index contributed by atoms with van der Waals surface area (Å²) in [7, 11) is 0. The summed E-state index contributed by atoms with van der Waals surface area (Å²) < 4.78 is 6.15. The average Bonchev–Trinajstić information content (AvgIpc) is 3.52. The lowest BCUT2D eigenvalue weighted by molar-refractivity contribution is 0.100. The van der Waals surface area contributed by atoms with Crippen molar-refractivity contribution in [1.82, 2.24) is 15.0 Å². The number of H-pyrrole nitrogens is 1. The van der Waals surface area contributed by atoms with E-state index in [0.717, 1.165) is 33.2 Å². The fourth-order valence-corrected chi connectivity index (χ4v) is 4.30. The molecule has 33 heavy (non-hydrogen) atoms. The van der Waals surface area contributed by atoms with E-state index in [-0.39, 0.29) is 0 Å². The van der Waals surface area contributed by atoms with Crippen LogP contribution in [0.2, 0.25) is 0 Å². The van der Waals surface area contributed by atoms with Gasteiger partial charge in [-0.2, -0.15) is 0 Å². The zero-order chi connectivity index (χ0) is 22.6. The monoisotopic (exact) mass is 438 g/mol. The van der Waals surface area contributed by atoms with Gasteiger partial charge in [0, 0.05) is 29.0 Å². The largest absolute Gasteiger partial charge is 0.454 e. The van der Waals surface area contributed by atoms with Crippen LogP contribution in [0.5, 0.6) is 0 Å². The number of nitrogens with two attached hydrogens (primary N) is 1. The first-order valence-corrected chi connectivity index (χ1v) is 11.4. The van der Waals surface area contributed by atoms with Crippen LogP contribution in [0.4, 0.5) is 0 Å². The number of imidazole rings is 1. The number of hydrogen-bond donors (Lipinski definition) is 2. The van der Waals surface area contributed by atoms with Crippen molar-refractivity contribution < 1.29 is 9.21 Å². The molecule has 1 aliphatic carbocycles. The van der Waals surface area contributed by atoms with Gasteiger partial charge in [-0.1, -0.05) is 50.7 Å². The van der Waals surface area contributed by atoms with Crippen molar-refractivity contribution in [2.75, 3.05) is 0 Å². The van der Waals surface area contributed by atoms with Crippen LogP contribution in [-0.4, -0.2) is 20.9 Å². The second kappa shape index (κ2) is 9.28. The number of nitrogens with one attached hydrogen (secondary N) is 1. The maximum atomic E-state index is 11.5. The molecule has 0 unspecified atom stereocenters. The number of carbonyl (C=O) groups excluding carboxylic acids is 1. The SMILES string of the molecule is C1CCCCC1.NC(=O)c1cccc(-c2ccnc3cc(-c4ccc5nc[nH]c5c4)oc23)c1. The van der Waals surface area contributed by atoms with Crippen LogP contribution in [0.25, 0.3) is 44.6 Å². The van der Waals surface area contributed by atoms with E-state index in [0.29, 0.717) is 16.9 Å². The van der Waals surface area contributed by atoms with E-state index in [1.54, 1.807) is 30.7 Å². The molecule has 1 amide bonds. The third-order valence-corrected chi connectivity index (χ3v) is 6.07. The van der Waals surface area contributed by atoms with Crippen molar-refractivity contribution in [2.24, 2.45) is 5.73 Å². The Labute approximate surface area is 191 Å². The van der Waals surface area contributed by atoms with Crippen LogP contribution < -0.4 is 5.73 Å². The Morgan fingerprint density at radius 2 is 1.64 bits per heavy atom. The van der Waals surface area contributed by atoms with E-state index >= 15 is 0 Å². The number of furan rings is 1. The molecule has 3 heterocycles. The Kier molecular flexibility index (Phi) is 5.89. The molecule has 6 heteroatoms. The number of nitrogens with zero attached hydrogens (tertiary/aromatic N) is 2. The lowest BCUT2D eigenvalue weighted by Crippen LogP contribution is -2.10. The molecular weight excluding hydrogens is 412 g/mol. The number of fused-ring (bicyclic) bond motifs is 2. The van der Waals surface area contributed by atoms with Gasteiger partial charge in [-0.05, 0) is 42.0 Å². The molecule has 3 aromatic heterocycles. The Bertz CT molecular complexity index is 1400. The molecule has 6 nitrogen and oxygen atoms in total. The van der Waals surface area contributed by atoms with Crippen molar-refractivity contribution in [1.29, 1.82) is 0 Å². The van der Waals surface area contributed by atoms with Gasteiger partial charge in [0.05, 0.1) is 17.4 Å². The van der Waals surface area contributed by atoms with Gasteiger partial charge in [-0.25, -0.2) is 4.98 Å². The molecule has 2 aromatic carbocycles. The molecule has 0 spiro atoms. The van der Waals surface area contributed by atoms with Crippen LogP contribution in [0.1, 0.15) is 48.9 Å². The standard InChI is InChI=1S/C21H14N4O2.C6H12/c22-21(26)14-3-1-2-12(8-14)15-6-7-23-18-10-19(27-20(15)18)13-4-5-16-17(9-13)25-11-24-16;1-2-4-6-5-3-1/h1-11H,(H2,22,26)(H,24,25);1-6H2. The van der Waals surface area contributed by atoms with E-state index in [1.807, 2.05) is 36.4 Å². The molecule has 1 aliphatic rings. The molecule has 0 saturated heterocycles. The summed E-state index contributed by atoms with van der Waals surface area (Å²) in [6, 6.07) is 16.9. The fourth-order valence-electron chi connectivity index (χ4n) is 4.30. The number of amides is 1. The quantitative estimate of drug-likeness (QED) is 0.337. The molecule has 0 atom stereocenters. The van der Waals surface area contributed by atoms with Crippen molar-refractivity contribution in [3.05, 3.63) is 72.7 Å². The van der Waals surface area contributed by atoms with Crippen molar-refractivity contribution in [3.8, 4) is 22.5 Å². The number of benzene rings is 2. The van der Waals surface area contributed by atoms with E-state index in [4.69, 9.17) is 10.2 Å². The molecule has 6 rings (SSSR count). The Morgan fingerprint density at radius 1 is 0.848 bits per heavy atom. The van der Waals surface area contributed by atoms with Gasteiger partial charge in [-0.15, -0.1) is 0 Å². The number of carbonyl (C=O) groups is 1. The van der Waals surface area contributed by atoms with Gasteiger partial charge < -0.3 is 15.1 Å². The molecule has 0 radical (unpaired) electrons. The van der Waals surface area contributed by atoms with Gasteiger partial charge in [0.25, 0.3) is 0 Å². The minimum absolute atomic E-state index is 0.453. The lowest BCUT2D eigenvalue weighted by atomic mass is 10.0. The van der Waals surface area contributed by atoms with Crippen LogP contribution >= 0.6 is 0 Å². The molecule has 5 aromatic rings. The smallest absolute Gasteiger partial charge is 0.248 e. The summed E-state index contributed by atoms with van der Waals surface area (Å²) in [5.41, 5.74) is 11.8. The van der Waals surface area contributed by atoms with Crippen LogP contribution in [0.15, 0.2) is 71.5 Å². The molecule has 166 valence electrons. The van der Waals surface area contributed by atoms with E-state index < -0.39 is 5.91 Å². The van der Waals surface area contributed by atoms with Crippen LogP contribution in [0, 0.1) is 0 Å². The zero-order valence-corrected chi connectivity index (χ0v) is 18.4. The molecular formula is C27H26N4O2. The van der Waals surface area contributed by atoms with Crippen LogP contribution in [-0.2, 0) is 0 Å². The van der Waals surface area contributed by atoms with E-state index in [9.17, 15) is 4.79 Å². The maximum Gasteiger partial charge on any atom is 0.248 e. The number of rotatable bonds is 3.